The molecular weight excluding hydrogens is 228 g/mol. The molecule has 0 amide bonds. The Hall–Kier alpha value is -1.89. The number of anilines is 2. The third kappa shape index (κ3) is 2.57. The van der Waals surface area contributed by atoms with Crippen LogP contribution in [-0.2, 0) is 18.3 Å². The third-order valence-electron chi connectivity index (χ3n) is 1.84. The van der Waals surface area contributed by atoms with E-state index in [4.69, 9.17) is 5.11 Å². The fourth-order valence-electron chi connectivity index (χ4n) is 1.21. The van der Waals surface area contributed by atoms with Crippen LogP contribution in [0.1, 0.15) is 5.69 Å². The summed E-state index contributed by atoms with van der Waals surface area (Å²) in [6.07, 6.45) is 3.45. The molecule has 0 aliphatic heterocycles. The fraction of sp³-hybridized carbons (Fsp3) is 0.222. The summed E-state index contributed by atoms with van der Waals surface area (Å²) < 4.78 is 1.67. The van der Waals surface area contributed by atoms with Gasteiger partial charge in [0.1, 0.15) is 0 Å². The van der Waals surface area contributed by atoms with E-state index in [0.29, 0.717) is 10.8 Å². The molecule has 0 saturated carbocycles. The van der Waals surface area contributed by atoms with E-state index in [-0.39, 0.29) is 6.42 Å². The second-order valence-electron chi connectivity index (χ2n) is 3.24. The van der Waals surface area contributed by atoms with E-state index in [0.717, 1.165) is 5.69 Å². The van der Waals surface area contributed by atoms with E-state index in [9.17, 15) is 4.79 Å². The first kappa shape index (κ1) is 10.6. The van der Waals surface area contributed by atoms with Gasteiger partial charge in [0.2, 0.25) is 0 Å². The summed E-state index contributed by atoms with van der Waals surface area (Å²) in [5.74, 6) is -0.877. The maximum Gasteiger partial charge on any atom is 0.309 e. The molecule has 2 rings (SSSR count). The average Bonchev–Trinajstić information content (AvgIpc) is 2.76. The standard InChI is InChI=1S/C9H10N4O2S/c1-13-4-7(3-10-13)12-9-11-6(5-16-9)2-8(14)15/h3-5H,2H2,1H3,(H,11,12)(H,14,15). The molecule has 16 heavy (non-hydrogen) atoms. The molecule has 2 N–H and O–H groups in total. The van der Waals surface area contributed by atoms with Crippen molar-refractivity contribution in [2.75, 3.05) is 5.32 Å². The number of hydrogen-bond donors (Lipinski definition) is 2. The summed E-state index contributed by atoms with van der Waals surface area (Å²) in [4.78, 5) is 14.6. The lowest BCUT2D eigenvalue weighted by atomic mass is 10.3. The normalized spacial score (nSPS) is 10.3. The predicted molar refractivity (Wildman–Crippen MR) is 59.9 cm³/mol. The molecule has 7 heteroatoms. The van der Waals surface area contributed by atoms with Crippen LogP contribution in [0.15, 0.2) is 17.8 Å². The molecule has 0 aliphatic carbocycles. The van der Waals surface area contributed by atoms with Gasteiger partial charge in [0.15, 0.2) is 5.13 Å². The molecule has 0 spiro atoms. The number of rotatable bonds is 4. The minimum atomic E-state index is -0.877. The van der Waals surface area contributed by atoms with Gasteiger partial charge in [-0.1, -0.05) is 0 Å². The maximum absolute atomic E-state index is 10.5. The van der Waals surface area contributed by atoms with Crippen molar-refractivity contribution in [2.45, 2.75) is 6.42 Å². The Morgan fingerprint density at radius 3 is 3.12 bits per heavy atom. The van der Waals surface area contributed by atoms with Crippen LogP contribution in [0.2, 0.25) is 0 Å². The number of aromatic nitrogens is 3. The highest BCUT2D eigenvalue weighted by Gasteiger charge is 2.06. The van der Waals surface area contributed by atoms with Crippen LogP contribution in [0.4, 0.5) is 10.8 Å². The van der Waals surface area contributed by atoms with Crippen LogP contribution >= 0.6 is 11.3 Å². The molecule has 0 aliphatic rings. The number of hydrogen-bond acceptors (Lipinski definition) is 5. The summed E-state index contributed by atoms with van der Waals surface area (Å²) in [7, 11) is 1.82. The fourth-order valence-corrected chi connectivity index (χ4v) is 1.94. The van der Waals surface area contributed by atoms with E-state index in [1.54, 1.807) is 16.3 Å². The number of nitrogens with one attached hydrogen (secondary N) is 1. The quantitative estimate of drug-likeness (QED) is 0.837. The number of aryl methyl sites for hydroxylation is 1. The monoisotopic (exact) mass is 238 g/mol. The van der Waals surface area contributed by atoms with E-state index in [2.05, 4.69) is 15.4 Å². The molecule has 2 aromatic heterocycles. The van der Waals surface area contributed by atoms with Gasteiger partial charge in [-0.3, -0.25) is 9.48 Å². The number of carboxylic acid groups (broad SMARTS) is 1. The van der Waals surface area contributed by atoms with Gasteiger partial charge >= 0.3 is 5.97 Å². The number of thiazole rings is 1. The second-order valence-corrected chi connectivity index (χ2v) is 4.10. The minimum absolute atomic E-state index is 0.0504. The third-order valence-corrected chi connectivity index (χ3v) is 2.65. The molecule has 2 heterocycles. The van der Waals surface area contributed by atoms with Crippen molar-refractivity contribution in [3.8, 4) is 0 Å². The van der Waals surface area contributed by atoms with E-state index < -0.39 is 5.97 Å². The molecule has 0 aromatic carbocycles. The first-order valence-corrected chi connectivity index (χ1v) is 5.43. The summed E-state index contributed by atoms with van der Waals surface area (Å²) in [5.41, 5.74) is 1.39. The van der Waals surface area contributed by atoms with Crippen molar-refractivity contribution in [3.05, 3.63) is 23.5 Å². The van der Waals surface area contributed by atoms with Gasteiger partial charge in [0, 0.05) is 18.6 Å². The Balaban J connectivity index is 2.05. The van der Waals surface area contributed by atoms with Crippen molar-refractivity contribution in [3.63, 3.8) is 0 Å². The lowest BCUT2D eigenvalue weighted by molar-refractivity contribution is -0.136. The molecule has 2 aromatic rings. The van der Waals surface area contributed by atoms with Crippen molar-refractivity contribution in [1.29, 1.82) is 0 Å². The predicted octanol–water partition coefficient (Wildman–Crippen LogP) is 1.25. The van der Waals surface area contributed by atoms with Crippen LogP contribution in [-0.4, -0.2) is 25.8 Å². The first-order chi connectivity index (χ1) is 7.63. The van der Waals surface area contributed by atoms with Crippen LogP contribution in [0, 0.1) is 0 Å². The number of carboxylic acids is 1. The number of aliphatic carboxylic acids is 1. The molecule has 0 bridgehead atoms. The van der Waals surface area contributed by atoms with E-state index in [1.807, 2.05) is 13.2 Å². The molecule has 0 saturated heterocycles. The van der Waals surface area contributed by atoms with Gasteiger partial charge < -0.3 is 10.4 Å². The largest absolute Gasteiger partial charge is 0.481 e. The van der Waals surface area contributed by atoms with Crippen molar-refractivity contribution < 1.29 is 9.90 Å². The zero-order valence-electron chi connectivity index (χ0n) is 8.54. The van der Waals surface area contributed by atoms with Crippen LogP contribution < -0.4 is 5.32 Å². The molecule has 0 fully saturated rings. The zero-order chi connectivity index (χ0) is 11.5. The highest BCUT2D eigenvalue weighted by molar-refractivity contribution is 7.13. The highest BCUT2D eigenvalue weighted by Crippen LogP contribution is 2.20. The van der Waals surface area contributed by atoms with Gasteiger partial charge in [-0.05, 0) is 0 Å². The summed E-state index contributed by atoms with van der Waals surface area (Å²) in [6, 6.07) is 0. The summed E-state index contributed by atoms with van der Waals surface area (Å²) in [6.45, 7) is 0. The first-order valence-electron chi connectivity index (χ1n) is 4.55. The van der Waals surface area contributed by atoms with Crippen molar-refractivity contribution in [2.24, 2.45) is 7.05 Å². The average molecular weight is 238 g/mol. The molecule has 0 atom stereocenters. The Bertz CT molecular complexity index is 505. The van der Waals surface area contributed by atoms with Crippen LogP contribution in [0.5, 0.6) is 0 Å². The number of carbonyl (C=O) groups is 1. The van der Waals surface area contributed by atoms with Crippen LogP contribution in [0.3, 0.4) is 0 Å². The van der Waals surface area contributed by atoms with Gasteiger partial charge in [-0.2, -0.15) is 5.10 Å². The molecule has 84 valence electrons. The Kier molecular flexibility index (Phi) is 2.86. The molecule has 0 radical (unpaired) electrons. The van der Waals surface area contributed by atoms with Gasteiger partial charge in [0.25, 0.3) is 0 Å². The second kappa shape index (κ2) is 4.31. The Labute approximate surface area is 95.6 Å². The summed E-state index contributed by atoms with van der Waals surface area (Å²) in [5, 5.41) is 18.1. The van der Waals surface area contributed by atoms with Crippen molar-refractivity contribution in [1.82, 2.24) is 14.8 Å². The van der Waals surface area contributed by atoms with E-state index in [1.165, 1.54) is 11.3 Å². The SMILES string of the molecule is Cn1cc(Nc2nc(CC(=O)O)cs2)cn1. The Morgan fingerprint density at radius 2 is 2.50 bits per heavy atom. The summed E-state index contributed by atoms with van der Waals surface area (Å²) >= 11 is 1.37. The van der Waals surface area contributed by atoms with Gasteiger partial charge in [-0.25, -0.2) is 4.98 Å². The minimum Gasteiger partial charge on any atom is -0.481 e. The number of nitrogens with zero attached hydrogens (tertiary/aromatic N) is 3. The van der Waals surface area contributed by atoms with Gasteiger partial charge in [0.05, 0.1) is 24.0 Å². The van der Waals surface area contributed by atoms with E-state index >= 15 is 0 Å². The lowest BCUT2D eigenvalue weighted by Gasteiger charge is -1.95. The highest BCUT2D eigenvalue weighted by atomic mass is 32.1. The zero-order valence-corrected chi connectivity index (χ0v) is 9.36. The molecular formula is C9H10N4O2S. The lowest BCUT2D eigenvalue weighted by Crippen LogP contribution is -2.00. The maximum atomic E-state index is 10.5. The van der Waals surface area contributed by atoms with Crippen molar-refractivity contribution >= 4 is 28.1 Å². The Morgan fingerprint density at radius 1 is 1.69 bits per heavy atom. The molecule has 6 nitrogen and oxygen atoms in total. The van der Waals surface area contributed by atoms with Gasteiger partial charge in [-0.15, -0.1) is 11.3 Å². The van der Waals surface area contributed by atoms with Crippen LogP contribution in [0.25, 0.3) is 0 Å². The molecule has 0 unspecified atom stereocenters. The topological polar surface area (TPSA) is 80.0 Å². The smallest absolute Gasteiger partial charge is 0.309 e.